The Kier molecular flexibility index (Phi) is 5.62. The quantitative estimate of drug-likeness (QED) is 0.726. The van der Waals surface area contributed by atoms with E-state index in [0.717, 1.165) is 11.1 Å². The van der Waals surface area contributed by atoms with Gasteiger partial charge in [-0.2, -0.15) is 0 Å². The van der Waals surface area contributed by atoms with Crippen LogP contribution in [-0.2, 0) is 9.53 Å². The van der Waals surface area contributed by atoms with Crippen LogP contribution in [0.2, 0.25) is 5.02 Å². The summed E-state index contributed by atoms with van der Waals surface area (Å²) in [6, 6.07) is 16.7. The van der Waals surface area contributed by atoms with Gasteiger partial charge in [-0.15, -0.1) is 0 Å². The molecule has 26 heavy (non-hydrogen) atoms. The van der Waals surface area contributed by atoms with Gasteiger partial charge in [0.15, 0.2) is 0 Å². The Morgan fingerprint density at radius 3 is 2.42 bits per heavy atom. The fourth-order valence-electron chi connectivity index (χ4n) is 3.35. The van der Waals surface area contributed by atoms with Crippen LogP contribution in [0.4, 0.5) is 4.79 Å². The summed E-state index contributed by atoms with van der Waals surface area (Å²) in [4.78, 5) is 26.5. The molecule has 5 heteroatoms. The average molecular weight is 372 g/mol. The van der Waals surface area contributed by atoms with Crippen LogP contribution in [0.15, 0.2) is 54.6 Å². The highest BCUT2D eigenvalue weighted by atomic mass is 35.5. The van der Waals surface area contributed by atoms with Gasteiger partial charge in [-0.05, 0) is 35.1 Å². The number of benzene rings is 2. The number of amides is 2. The first-order valence-electron chi connectivity index (χ1n) is 8.76. The number of hydrogen-bond donors (Lipinski definition) is 0. The number of rotatable bonds is 5. The van der Waals surface area contributed by atoms with Gasteiger partial charge >= 0.3 is 6.09 Å². The second-order valence-electron chi connectivity index (χ2n) is 6.87. The molecule has 0 saturated carbocycles. The highest BCUT2D eigenvalue weighted by Crippen LogP contribution is 2.33. The van der Waals surface area contributed by atoms with Crippen molar-refractivity contribution in [2.45, 2.75) is 32.2 Å². The molecular formula is C21H22ClNO3. The number of hydrogen-bond acceptors (Lipinski definition) is 3. The Balaban J connectivity index is 1.81. The van der Waals surface area contributed by atoms with E-state index in [4.69, 9.17) is 16.3 Å². The van der Waals surface area contributed by atoms with Gasteiger partial charge in [-0.1, -0.05) is 67.9 Å². The van der Waals surface area contributed by atoms with Gasteiger partial charge in [-0.3, -0.25) is 4.79 Å². The molecule has 0 N–H and O–H groups in total. The Morgan fingerprint density at radius 1 is 1.15 bits per heavy atom. The molecule has 4 nitrogen and oxygen atoms in total. The Labute approximate surface area is 158 Å². The maximum atomic E-state index is 13.0. The molecule has 0 aromatic heterocycles. The third kappa shape index (κ3) is 3.91. The lowest BCUT2D eigenvalue weighted by atomic mass is 9.85. The first kappa shape index (κ1) is 18.5. The van der Waals surface area contributed by atoms with Crippen molar-refractivity contribution in [2.75, 3.05) is 6.61 Å². The number of cyclic esters (lactones) is 1. The molecule has 1 aliphatic rings. The second-order valence-corrected chi connectivity index (χ2v) is 7.31. The lowest BCUT2D eigenvalue weighted by Crippen LogP contribution is -2.35. The van der Waals surface area contributed by atoms with Crippen LogP contribution in [0.1, 0.15) is 43.4 Å². The van der Waals surface area contributed by atoms with E-state index >= 15 is 0 Å². The first-order chi connectivity index (χ1) is 12.5. The van der Waals surface area contributed by atoms with E-state index in [9.17, 15) is 9.59 Å². The Morgan fingerprint density at radius 2 is 1.81 bits per heavy atom. The molecule has 0 aliphatic carbocycles. The van der Waals surface area contributed by atoms with Gasteiger partial charge in [0.25, 0.3) is 0 Å². The molecule has 0 spiro atoms. The highest BCUT2D eigenvalue weighted by molar-refractivity contribution is 6.30. The van der Waals surface area contributed by atoms with Crippen molar-refractivity contribution in [1.29, 1.82) is 0 Å². The minimum absolute atomic E-state index is 0.00425. The molecule has 2 amide bonds. The maximum absolute atomic E-state index is 13.0. The summed E-state index contributed by atoms with van der Waals surface area (Å²) in [5.74, 6) is 0.0357. The zero-order chi connectivity index (χ0) is 18.7. The predicted molar refractivity (Wildman–Crippen MR) is 101 cm³/mol. The fourth-order valence-corrected chi connectivity index (χ4v) is 3.48. The van der Waals surface area contributed by atoms with Gasteiger partial charge in [0.05, 0.1) is 0 Å². The lowest BCUT2D eigenvalue weighted by molar-refractivity contribution is -0.129. The predicted octanol–water partition coefficient (Wildman–Crippen LogP) is 5.19. The van der Waals surface area contributed by atoms with Crippen LogP contribution in [0, 0.1) is 5.92 Å². The number of ether oxygens (including phenoxy) is 1. The molecule has 3 rings (SSSR count). The third-order valence-corrected chi connectivity index (χ3v) is 5.08. The highest BCUT2D eigenvalue weighted by Gasteiger charge is 2.39. The molecule has 1 fully saturated rings. The smallest absolute Gasteiger partial charge is 0.417 e. The van der Waals surface area contributed by atoms with Gasteiger partial charge < -0.3 is 4.74 Å². The normalized spacial score (nSPS) is 18.1. The Bertz CT molecular complexity index is 774. The summed E-state index contributed by atoms with van der Waals surface area (Å²) in [6.45, 7) is 4.34. The van der Waals surface area contributed by atoms with Gasteiger partial charge in [0.1, 0.15) is 12.6 Å². The molecule has 0 bridgehead atoms. The van der Waals surface area contributed by atoms with Crippen LogP contribution >= 0.6 is 11.6 Å². The SMILES string of the molecule is CC(C)C(CC(=O)N1C(=O)OCC1c1ccccc1)c1ccc(Cl)cc1. The molecule has 136 valence electrons. The number of halogens is 1. The van der Waals surface area contributed by atoms with E-state index < -0.39 is 6.09 Å². The number of nitrogens with zero attached hydrogens (tertiary/aromatic N) is 1. The van der Waals surface area contributed by atoms with Gasteiger partial charge in [-0.25, -0.2) is 9.69 Å². The zero-order valence-electron chi connectivity index (χ0n) is 14.9. The molecule has 2 unspecified atom stereocenters. The number of carbonyl (C=O) groups is 2. The van der Waals surface area contributed by atoms with E-state index in [-0.39, 0.29) is 36.8 Å². The summed E-state index contributed by atoms with van der Waals surface area (Å²) < 4.78 is 5.17. The molecular weight excluding hydrogens is 350 g/mol. The maximum Gasteiger partial charge on any atom is 0.417 e. The van der Waals surface area contributed by atoms with Crippen LogP contribution in [0.25, 0.3) is 0 Å². The fraction of sp³-hybridized carbons (Fsp3) is 0.333. The topological polar surface area (TPSA) is 46.6 Å². The van der Waals surface area contributed by atoms with E-state index in [1.807, 2.05) is 54.6 Å². The lowest BCUT2D eigenvalue weighted by Gasteiger charge is -2.25. The number of carbonyl (C=O) groups excluding carboxylic acids is 2. The van der Waals surface area contributed by atoms with Crippen molar-refractivity contribution in [3.63, 3.8) is 0 Å². The van der Waals surface area contributed by atoms with Crippen molar-refractivity contribution in [2.24, 2.45) is 5.92 Å². The molecule has 2 aromatic rings. The van der Waals surface area contributed by atoms with Crippen molar-refractivity contribution in [1.82, 2.24) is 4.90 Å². The first-order valence-corrected chi connectivity index (χ1v) is 9.14. The summed E-state index contributed by atoms with van der Waals surface area (Å²) in [7, 11) is 0. The van der Waals surface area contributed by atoms with Crippen LogP contribution in [0.3, 0.4) is 0 Å². The molecule has 1 aliphatic heterocycles. The zero-order valence-corrected chi connectivity index (χ0v) is 15.6. The summed E-state index contributed by atoms with van der Waals surface area (Å²) >= 11 is 5.97. The average Bonchev–Trinajstić information content (AvgIpc) is 3.02. The van der Waals surface area contributed by atoms with E-state index in [1.54, 1.807) is 0 Å². The minimum atomic E-state index is -0.567. The molecule has 2 aromatic carbocycles. The van der Waals surface area contributed by atoms with Gasteiger partial charge in [0, 0.05) is 11.4 Å². The van der Waals surface area contributed by atoms with Crippen molar-refractivity contribution in [3.8, 4) is 0 Å². The van der Waals surface area contributed by atoms with Crippen molar-refractivity contribution < 1.29 is 14.3 Å². The molecule has 0 radical (unpaired) electrons. The third-order valence-electron chi connectivity index (χ3n) is 4.82. The molecule has 1 heterocycles. The number of imide groups is 1. The summed E-state index contributed by atoms with van der Waals surface area (Å²) in [5.41, 5.74) is 1.95. The summed E-state index contributed by atoms with van der Waals surface area (Å²) in [6.07, 6.45) is -0.319. The van der Waals surface area contributed by atoms with Gasteiger partial charge in [0.2, 0.25) is 5.91 Å². The van der Waals surface area contributed by atoms with Crippen LogP contribution < -0.4 is 0 Å². The van der Waals surface area contributed by atoms with E-state index in [0.29, 0.717) is 5.02 Å². The van der Waals surface area contributed by atoms with Crippen molar-refractivity contribution in [3.05, 3.63) is 70.7 Å². The van der Waals surface area contributed by atoms with E-state index in [1.165, 1.54) is 4.90 Å². The standard InChI is InChI=1S/C21H22ClNO3/c1-14(2)18(15-8-10-17(22)11-9-15)12-20(24)23-19(13-26-21(23)25)16-6-4-3-5-7-16/h3-11,14,18-19H,12-13H2,1-2H3. The molecule has 1 saturated heterocycles. The minimum Gasteiger partial charge on any atom is -0.446 e. The van der Waals surface area contributed by atoms with E-state index in [2.05, 4.69) is 13.8 Å². The van der Waals surface area contributed by atoms with Crippen molar-refractivity contribution >= 4 is 23.6 Å². The second kappa shape index (κ2) is 7.92. The monoisotopic (exact) mass is 371 g/mol. The van der Waals surface area contributed by atoms with Crippen LogP contribution in [-0.4, -0.2) is 23.5 Å². The summed E-state index contributed by atoms with van der Waals surface area (Å²) in [5, 5.41) is 0.662. The largest absolute Gasteiger partial charge is 0.446 e. The molecule has 2 atom stereocenters. The van der Waals surface area contributed by atoms with Crippen LogP contribution in [0.5, 0.6) is 0 Å². The Hall–Kier alpha value is -2.33.